The summed E-state index contributed by atoms with van der Waals surface area (Å²) in [4.78, 5) is 18.0. The molecular formula is C16H18N2O2. The molecule has 0 bridgehead atoms. The van der Waals surface area contributed by atoms with Crippen molar-refractivity contribution in [2.45, 2.75) is 19.8 Å². The number of carbonyl (C=O) groups is 1. The van der Waals surface area contributed by atoms with Crippen LogP contribution >= 0.6 is 0 Å². The molecule has 0 saturated carbocycles. The van der Waals surface area contributed by atoms with Crippen LogP contribution in [0.1, 0.15) is 30.1 Å². The third-order valence-corrected chi connectivity index (χ3v) is 4.17. The molecule has 1 fully saturated rings. The van der Waals surface area contributed by atoms with Gasteiger partial charge < -0.3 is 10.0 Å². The van der Waals surface area contributed by atoms with Crippen molar-refractivity contribution in [2.75, 3.05) is 18.0 Å². The standard InChI is InChI=1S/C16H18N2O2/c1-2-11-7-8-18(10-11)15-13-6-4-3-5-12(13)14(9-17-15)16(19)20/h3-6,9,11H,2,7-8,10H2,1H3,(H,19,20). The van der Waals surface area contributed by atoms with Gasteiger partial charge >= 0.3 is 5.97 Å². The average molecular weight is 270 g/mol. The Morgan fingerprint density at radius 1 is 1.40 bits per heavy atom. The molecule has 0 radical (unpaired) electrons. The number of hydrogen-bond acceptors (Lipinski definition) is 3. The first-order chi connectivity index (χ1) is 9.70. The summed E-state index contributed by atoms with van der Waals surface area (Å²) < 4.78 is 0. The van der Waals surface area contributed by atoms with Crippen LogP contribution in [-0.2, 0) is 0 Å². The van der Waals surface area contributed by atoms with Crippen LogP contribution in [0.5, 0.6) is 0 Å². The van der Waals surface area contributed by atoms with Gasteiger partial charge in [-0.3, -0.25) is 0 Å². The fourth-order valence-electron chi connectivity index (χ4n) is 2.96. The van der Waals surface area contributed by atoms with E-state index in [0.29, 0.717) is 0 Å². The van der Waals surface area contributed by atoms with Gasteiger partial charge in [0.2, 0.25) is 0 Å². The lowest BCUT2D eigenvalue weighted by atomic mass is 10.1. The Morgan fingerprint density at radius 2 is 2.15 bits per heavy atom. The van der Waals surface area contributed by atoms with E-state index in [0.717, 1.165) is 35.6 Å². The molecular weight excluding hydrogens is 252 g/mol. The molecule has 1 aliphatic heterocycles. The highest BCUT2D eigenvalue weighted by Crippen LogP contribution is 2.31. The Bertz CT molecular complexity index is 654. The van der Waals surface area contributed by atoms with Crippen LogP contribution in [-0.4, -0.2) is 29.1 Å². The molecule has 1 N–H and O–H groups in total. The molecule has 2 aromatic rings. The Hall–Kier alpha value is -2.10. The molecule has 0 amide bonds. The van der Waals surface area contributed by atoms with Gasteiger partial charge in [-0.2, -0.15) is 0 Å². The summed E-state index contributed by atoms with van der Waals surface area (Å²) >= 11 is 0. The molecule has 2 heterocycles. The fraction of sp³-hybridized carbons (Fsp3) is 0.375. The van der Waals surface area contributed by atoms with Crippen molar-refractivity contribution in [1.29, 1.82) is 0 Å². The first-order valence-electron chi connectivity index (χ1n) is 7.06. The van der Waals surface area contributed by atoms with Gasteiger partial charge in [-0.15, -0.1) is 0 Å². The van der Waals surface area contributed by atoms with Gasteiger partial charge in [-0.05, 0) is 12.3 Å². The predicted molar refractivity (Wildman–Crippen MR) is 79.3 cm³/mol. The highest BCUT2D eigenvalue weighted by molar-refractivity contribution is 6.06. The second-order valence-corrected chi connectivity index (χ2v) is 5.36. The minimum atomic E-state index is -0.923. The number of aromatic nitrogens is 1. The lowest BCUT2D eigenvalue weighted by molar-refractivity contribution is 0.0698. The van der Waals surface area contributed by atoms with Crippen LogP contribution in [0, 0.1) is 5.92 Å². The average Bonchev–Trinajstić information content (AvgIpc) is 2.94. The van der Waals surface area contributed by atoms with Crippen molar-refractivity contribution < 1.29 is 9.90 Å². The lowest BCUT2D eigenvalue weighted by Gasteiger charge is -2.20. The second-order valence-electron chi connectivity index (χ2n) is 5.36. The summed E-state index contributed by atoms with van der Waals surface area (Å²) in [6, 6.07) is 7.63. The quantitative estimate of drug-likeness (QED) is 0.930. The van der Waals surface area contributed by atoms with Crippen LogP contribution in [0.2, 0.25) is 0 Å². The number of pyridine rings is 1. The maximum Gasteiger partial charge on any atom is 0.337 e. The van der Waals surface area contributed by atoms with E-state index >= 15 is 0 Å². The molecule has 4 heteroatoms. The molecule has 0 spiro atoms. The van der Waals surface area contributed by atoms with E-state index in [-0.39, 0.29) is 5.56 Å². The number of benzene rings is 1. The monoisotopic (exact) mass is 270 g/mol. The summed E-state index contributed by atoms with van der Waals surface area (Å²) in [5.74, 6) is 0.712. The molecule has 20 heavy (non-hydrogen) atoms. The normalized spacial score (nSPS) is 18.6. The van der Waals surface area contributed by atoms with Crippen molar-refractivity contribution in [3.8, 4) is 0 Å². The Kier molecular flexibility index (Phi) is 3.30. The lowest BCUT2D eigenvalue weighted by Crippen LogP contribution is -2.21. The Balaban J connectivity index is 2.09. The highest BCUT2D eigenvalue weighted by atomic mass is 16.4. The van der Waals surface area contributed by atoms with E-state index in [1.807, 2.05) is 24.3 Å². The summed E-state index contributed by atoms with van der Waals surface area (Å²) in [6.45, 7) is 4.23. The van der Waals surface area contributed by atoms with Crippen molar-refractivity contribution in [3.05, 3.63) is 36.0 Å². The summed E-state index contributed by atoms with van der Waals surface area (Å²) in [7, 11) is 0. The topological polar surface area (TPSA) is 53.4 Å². The van der Waals surface area contributed by atoms with Crippen LogP contribution in [0.25, 0.3) is 10.8 Å². The number of carboxylic acids is 1. The van der Waals surface area contributed by atoms with Gasteiger partial charge in [0.25, 0.3) is 0 Å². The molecule has 1 saturated heterocycles. The summed E-state index contributed by atoms with van der Waals surface area (Å²) in [5.41, 5.74) is 0.274. The largest absolute Gasteiger partial charge is 0.478 e. The molecule has 3 rings (SSSR count). The SMILES string of the molecule is CCC1CCN(c2ncc(C(=O)O)c3ccccc23)C1. The molecule has 1 aromatic heterocycles. The van der Waals surface area contributed by atoms with E-state index in [2.05, 4.69) is 16.8 Å². The molecule has 4 nitrogen and oxygen atoms in total. The summed E-state index contributed by atoms with van der Waals surface area (Å²) in [6.07, 6.45) is 3.86. The van der Waals surface area contributed by atoms with Gasteiger partial charge in [-0.1, -0.05) is 37.6 Å². The van der Waals surface area contributed by atoms with E-state index in [1.165, 1.54) is 19.0 Å². The van der Waals surface area contributed by atoms with Crippen molar-refractivity contribution in [2.24, 2.45) is 5.92 Å². The van der Waals surface area contributed by atoms with Gasteiger partial charge in [0.05, 0.1) is 5.56 Å². The molecule has 1 atom stereocenters. The van der Waals surface area contributed by atoms with E-state index < -0.39 is 5.97 Å². The third kappa shape index (κ3) is 2.11. The smallest absolute Gasteiger partial charge is 0.337 e. The molecule has 1 unspecified atom stereocenters. The van der Waals surface area contributed by atoms with Crippen LogP contribution in [0.3, 0.4) is 0 Å². The Morgan fingerprint density at radius 3 is 2.80 bits per heavy atom. The number of carboxylic acid groups (broad SMARTS) is 1. The molecule has 1 aromatic carbocycles. The highest BCUT2D eigenvalue weighted by Gasteiger charge is 2.24. The van der Waals surface area contributed by atoms with Crippen LogP contribution < -0.4 is 4.90 Å². The summed E-state index contributed by atoms with van der Waals surface area (Å²) in [5, 5.41) is 11.0. The first-order valence-corrected chi connectivity index (χ1v) is 7.06. The maximum absolute atomic E-state index is 11.3. The van der Waals surface area contributed by atoms with Crippen molar-refractivity contribution >= 4 is 22.6 Å². The Labute approximate surface area is 118 Å². The van der Waals surface area contributed by atoms with Crippen LogP contribution in [0.4, 0.5) is 5.82 Å². The van der Waals surface area contributed by atoms with Gasteiger partial charge in [0.15, 0.2) is 0 Å². The maximum atomic E-state index is 11.3. The second kappa shape index (κ2) is 5.12. The minimum absolute atomic E-state index is 0.274. The third-order valence-electron chi connectivity index (χ3n) is 4.17. The first kappa shape index (κ1) is 12.9. The van der Waals surface area contributed by atoms with Gasteiger partial charge in [0.1, 0.15) is 5.82 Å². The molecule has 104 valence electrons. The zero-order valence-electron chi connectivity index (χ0n) is 11.5. The van der Waals surface area contributed by atoms with Crippen LogP contribution in [0.15, 0.2) is 30.5 Å². The van der Waals surface area contributed by atoms with Gasteiger partial charge in [0, 0.05) is 30.1 Å². The number of anilines is 1. The zero-order valence-corrected chi connectivity index (χ0v) is 11.5. The fourth-order valence-corrected chi connectivity index (χ4v) is 2.96. The minimum Gasteiger partial charge on any atom is -0.478 e. The van der Waals surface area contributed by atoms with Gasteiger partial charge in [-0.25, -0.2) is 9.78 Å². The molecule has 0 aliphatic carbocycles. The van der Waals surface area contributed by atoms with Crippen molar-refractivity contribution in [1.82, 2.24) is 4.98 Å². The number of fused-ring (bicyclic) bond motifs is 1. The number of aromatic carboxylic acids is 1. The number of nitrogens with zero attached hydrogens (tertiary/aromatic N) is 2. The number of rotatable bonds is 3. The predicted octanol–water partition coefficient (Wildman–Crippen LogP) is 3.17. The van der Waals surface area contributed by atoms with E-state index in [4.69, 9.17) is 0 Å². The van der Waals surface area contributed by atoms with E-state index in [1.54, 1.807) is 0 Å². The number of hydrogen-bond donors (Lipinski definition) is 1. The molecule has 1 aliphatic rings. The zero-order chi connectivity index (χ0) is 14.1. The van der Waals surface area contributed by atoms with Crippen molar-refractivity contribution in [3.63, 3.8) is 0 Å². The van der Waals surface area contributed by atoms with E-state index in [9.17, 15) is 9.90 Å².